The minimum Gasteiger partial charge on any atom is -0.296 e. The lowest BCUT2D eigenvalue weighted by Crippen LogP contribution is -2.13. The molecule has 0 saturated carbocycles. The number of anilines is 1. The van der Waals surface area contributed by atoms with Crippen molar-refractivity contribution in [1.29, 1.82) is 0 Å². The van der Waals surface area contributed by atoms with Crippen molar-refractivity contribution in [2.75, 3.05) is 5.32 Å². The van der Waals surface area contributed by atoms with Crippen LogP contribution in [0, 0.1) is 6.92 Å². The van der Waals surface area contributed by atoms with Gasteiger partial charge in [0.25, 0.3) is 5.91 Å². The summed E-state index contributed by atoms with van der Waals surface area (Å²) < 4.78 is 1.70. The highest BCUT2D eigenvalue weighted by molar-refractivity contribution is 7.13. The molecule has 0 aliphatic rings. The zero-order valence-corrected chi connectivity index (χ0v) is 14.5. The molecule has 120 valence electrons. The number of hydrogen-bond donors (Lipinski definition) is 1. The van der Waals surface area contributed by atoms with Crippen molar-refractivity contribution < 1.29 is 4.79 Å². The van der Waals surface area contributed by atoms with Crippen LogP contribution in [-0.2, 0) is 7.05 Å². The molecule has 4 aromatic heterocycles. The Morgan fingerprint density at radius 2 is 2.21 bits per heavy atom. The average Bonchev–Trinajstić information content (AvgIpc) is 3.30. The minimum atomic E-state index is -0.243. The Morgan fingerprint density at radius 1 is 1.33 bits per heavy atom. The summed E-state index contributed by atoms with van der Waals surface area (Å²) in [6.45, 7) is 1.87. The van der Waals surface area contributed by atoms with E-state index < -0.39 is 0 Å². The number of nitrogens with one attached hydrogen (secondary N) is 1. The highest BCUT2D eigenvalue weighted by Crippen LogP contribution is 2.29. The molecule has 24 heavy (non-hydrogen) atoms. The van der Waals surface area contributed by atoms with E-state index in [-0.39, 0.29) is 5.91 Å². The molecule has 9 heteroatoms. The Hall–Kier alpha value is -2.65. The largest absolute Gasteiger partial charge is 0.296 e. The maximum atomic E-state index is 12.8. The number of carbonyl (C=O) groups is 1. The molecule has 0 fully saturated rings. The monoisotopic (exact) mass is 356 g/mol. The van der Waals surface area contributed by atoms with E-state index in [4.69, 9.17) is 0 Å². The maximum Gasteiger partial charge on any atom is 0.258 e. The summed E-state index contributed by atoms with van der Waals surface area (Å²) in [5.41, 5.74) is 4.30. The summed E-state index contributed by atoms with van der Waals surface area (Å²) in [5.74, 6) is -0.243. The molecule has 0 spiro atoms. The molecule has 0 aliphatic heterocycles. The molecule has 1 N–H and O–H groups in total. The summed E-state index contributed by atoms with van der Waals surface area (Å²) >= 11 is 2.85. The molecule has 0 atom stereocenters. The molecule has 0 radical (unpaired) electrons. The maximum absolute atomic E-state index is 12.8. The average molecular weight is 356 g/mol. The van der Waals surface area contributed by atoms with Crippen LogP contribution in [0.15, 0.2) is 29.1 Å². The van der Waals surface area contributed by atoms with E-state index in [0.717, 1.165) is 21.7 Å². The predicted octanol–water partition coefficient (Wildman–Crippen LogP) is 3.11. The first-order valence-electron chi connectivity index (χ1n) is 7.09. The van der Waals surface area contributed by atoms with Crippen molar-refractivity contribution in [1.82, 2.24) is 25.0 Å². The molecule has 0 unspecified atom stereocenters. The lowest BCUT2D eigenvalue weighted by Gasteiger charge is -2.06. The topological polar surface area (TPSA) is 85.6 Å². The Kier molecular flexibility index (Phi) is 3.58. The van der Waals surface area contributed by atoms with Crippen LogP contribution < -0.4 is 5.32 Å². The number of pyridine rings is 1. The molecule has 4 rings (SSSR count). The smallest absolute Gasteiger partial charge is 0.258 e. The molecule has 0 aliphatic carbocycles. The predicted molar refractivity (Wildman–Crippen MR) is 94.4 cm³/mol. The third-order valence-corrected chi connectivity index (χ3v) is 5.07. The molecule has 0 saturated heterocycles. The first-order chi connectivity index (χ1) is 11.6. The number of thiophene rings is 1. The SMILES string of the molecule is Cc1nn(C)c2nc(-c3cccs3)cc(C(=O)Nc3nncs3)c12. The van der Waals surface area contributed by atoms with Crippen LogP contribution in [0.4, 0.5) is 5.13 Å². The third kappa shape index (κ3) is 2.47. The molecule has 4 aromatic rings. The van der Waals surface area contributed by atoms with Crippen LogP contribution in [-0.4, -0.2) is 30.9 Å². The van der Waals surface area contributed by atoms with Crippen LogP contribution in [0.5, 0.6) is 0 Å². The standard InChI is InChI=1S/C15H12N6OS2/c1-8-12-9(14(22)18-15-19-16-7-24-15)6-10(11-4-3-5-23-11)17-13(12)21(2)20-8/h3-7H,1-2H3,(H,18,19,22). The highest BCUT2D eigenvalue weighted by Gasteiger charge is 2.20. The number of hydrogen-bond acceptors (Lipinski definition) is 7. The molecular formula is C15H12N6OS2. The summed E-state index contributed by atoms with van der Waals surface area (Å²) in [4.78, 5) is 18.5. The van der Waals surface area contributed by atoms with Crippen molar-refractivity contribution in [3.63, 3.8) is 0 Å². The van der Waals surface area contributed by atoms with Crippen molar-refractivity contribution >= 4 is 44.7 Å². The number of amides is 1. The van der Waals surface area contributed by atoms with Gasteiger partial charge in [-0.2, -0.15) is 5.10 Å². The van der Waals surface area contributed by atoms with E-state index in [1.165, 1.54) is 11.3 Å². The zero-order chi connectivity index (χ0) is 16.7. The molecule has 7 nitrogen and oxygen atoms in total. The van der Waals surface area contributed by atoms with Crippen LogP contribution in [0.3, 0.4) is 0 Å². The first kappa shape index (κ1) is 14.9. The highest BCUT2D eigenvalue weighted by atomic mass is 32.1. The number of fused-ring (bicyclic) bond motifs is 1. The Labute approximate surface area is 145 Å². The van der Waals surface area contributed by atoms with Gasteiger partial charge in [-0.25, -0.2) is 4.98 Å². The quantitative estimate of drug-likeness (QED) is 0.609. The summed E-state index contributed by atoms with van der Waals surface area (Å²) in [7, 11) is 1.83. The van der Waals surface area contributed by atoms with E-state index in [0.29, 0.717) is 16.3 Å². The number of rotatable bonds is 3. The summed E-state index contributed by atoms with van der Waals surface area (Å²) in [6, 6.07) is 5.75. The molecule has 4 heterocycles. The van der Waals surface area contributed by atoms with Gasteiger partial charge in [0.05, 0.1) is 27.2 Å². The van der Waals surface area contributed by atoms with E-state index in [1.807, 2.05) is 31.5 Å². The second-order valence-corrected chi connectivity index (χ2v) is 6.92. The lowest BCUT2D eigenvalue weighted by molar-refractivity contribution is 0.102. The fraction of sp³-hybridized carbons (Fsp3) is 0.133. The van der Waals surface area contributed by atoms with Gasteiger partial charge >= 0.3 is 0 Å². The number of carbonyl (C=O) groups excluding carboxylic acids is 1. The van der Waals surface area contributed by atoms with Gasteiger partial charge in [0.2, 0.25) is 5.13 Å². The number of aryl methyl sites for hydroxylation is 2. The van der Waals surface area contributed by atoms with E-state index >= 15 is 0 Å². The fourth-order valence-electron chi connectivity index (χ4n) is 2.57. The van der Waals surface area contributed by atoms with Crippen molar-refractivity contribution in [2.45, 2.75) is 6.92 Å². The second-order valence-electron chi connectivity index (χ2n) is 5.14. The van der Waals surface area contributed by atoms with Crippen molar-refractivity contribution in [2.24, 2.45) is 7.05 Å². The van der Waals surface area contributed by atoms with Crippen molar-refractivity contribution in [3.05, 3.63) is 40.3 Å². The second kappa shape index (κ2) is 5.77. The zero-order valence-electron chi connectivity index (χ0n) is 12.8. The van der Waals surface area contributed by atoms with Gasteiger partial charge in [-0.15, -0.1) is 21.5 Å². The van der Waals surface area contributed by atoms with Gasteiger partial charge in [-0.1, -0.05) is 17.4 Å². The number of nitrogens with zero attached hydrogens (tertiary/aromatic N) is 5. The lowest BCUT2D eigenvalue weighted by atomic mass is 10.1. The minimum absolute atomic E-state index is 0.243. The van der Waals surface area contributed by atoms with Crippen LogP contribution in [0.25, 0.3) is 21.6 Å². The van der Waals surface area contributed by atoms with Gasteiger partial charge in [-0.3, -0.25) is 14.8 Å². The van der Waals surface area contributed by atoms with Gasteiger partial charge in [0.15, 0.2) is 5.65 Å². The number of aromatic nitrogens is 5. The van der Waals surface area contributed by atoms with Crippen LogP contribution in [0.2, 0.25) is 0 Å². The van der Waals surface area contributed by atoms with Gasteiger partial charge in [0, 0.05) is 7.05 Å². The van der Waals surface area contributed by atoms with E-state index in [2.05, 4.69) is 25.6 Å². The van der Waals surface area contributed by atoms with Gasteiger partial charge < -0.3 is 0 Å². The Balaban J connectivity index is 1.90. The summed E-state index contributed by atoms with van der Waals surface area (Å²) in [5, 5.41) is 18.0. The van der Waals surface area contributed by atoms with E-state index in [9.17, 15) is 4.79 Å². The molecule has 0 bridgehead atoms. The first-order valence-corrected chi connectivity index (χ1v) is 8.85. The van der Waals surface area contributed by atoms with E-state index in [1.54, 1.807) is 27.6 Å². The fourth-order valence-corrected chi connectivity index (χ4v) is 3.69. The van der Waals surface area contributed by atoms with Gasteiger partial charge in [-0.05, 0) is 24.4 Å². The Bertz CT molecular complexity index is 1020. The molecule has 1 amide bonds. The van der Waals surface area contributed by atoms with Crippen LogP contribution >= 0.6 is 22.7 Å². The van der Waals surface area contributed by atoms with Crippen LogP contribution in [0.1, 0.15) is 16.1 Å². The van der Waals surface area contributed by atoms with Crippen molar-refractivity contribution in [3.8, 4) is 10.6 Å². The Morgan fingerprint density at radius 3 is 2.92 bits per heavy atom. The third-order valence-electron chi connectivity index (χ3n) is 3.57. The van der Waals surface area contributed by atoms with Gasteiger partial charge in [0.1, 0.15) is 5.51 Å². The normalized spacial score (nSPS) is 11.1. The molecule has 0 aromatic carbocycles. The summed E-state index contributed by atoms with van der Waals surface area (Å²) in [6.07, 6.45) is 0. The molecular weight excluding hydrogens is 344 g/mol.